The minimum Gasteiger partial charge on any atom is -0.394 e. The van der Waals surface area contributed by atoms with Crippen LogP contribution in [0.25, 0.3) is 0 Å². The summed E-state index contributed by atoms with van der Waals surface area (Å²) in [6.07, 6.45) is 0. The molecule has 0 aliphatic carbocycles. The Balaban J connectivity index is 2.26. The van der Waals surface area contributed by atoms with Gasteiger partial charge >= 0.3 is 0 Å². The van der Waals surface area contributed by atoms with Gasteiger partial charge in [0, 0.05) is 5.69 Å². The molecule has 0 fully saturated rings. The lowest BCUT2D eigenvalue weighted by Gasteiger charge is -2.07. The number of nitriles is 1. The highest BCUT2D eigenvalue weighted by Gasteiger charge is 2.07. The van der Waals surface area contributed by atoms with Crippen LogP contribution >= 0.6 is 15.9 Å². The number of anilines is 4. The van der Waals surface area contributed by atoms with Crippen molar-refractivity contribution in [1.29, 1.82) is 5.26 Å². The first-order valence-corrected chi connectivity index (χ1v) is 5.75. The van der Waals surface area contributed by atoms with E-state index in [-0.39, 0.29) is 5.82 Å². The smallest absolute Gasteiger partial charge is 0.230 e. The van der Waals surface area contributed by atoms with Crippen molar-refractivity contribution in [2.24, 2.45) is 0 Å². The summed E-state index contributed by atoms with van der Waals surface area (Å²) in [5.74, 6) is 0.534. The first-order valence-electron chi connectivity index (χ1n) is 4.96. The molecule has 2 aromatic rings. The van der Waals surface area contributed by atoms with Crippen LogP contribution in [0.1, 0.15) is 5.56 Å². The van der Waals surface area contributed by atoms with Crippen molar-refractivity contribution in [3.8, 4) is 6.07 Å². The Bertz CT molecular complexity index is 593. The van der Waals surface area contributed by atoms with Gasteiger partial charge in [0.15, 0.2) is 5.82 Å². The third kappa shape index (κ3) is 2.49. The molecule has 6 nitrogen and oxygen atoms in total. The molecule has 0 aliphatic rings. The molecule has 0 saturated heterocycles. The Hall–Kier alpha value is -2.33. The number of benzene rings is 1. The van der Waals surface area contributed by atoms with E-state index in [0.717, 1.165) is 5.69 Å². The van der Waals surface area contributed by atoms with Crippen molar-refractivity contribution in [1.82, 2.24) is 9.97 Å². The standard InChI is InChI=1S/C11H9BrN6/c12-9-8(14)10(15)18-11(17-9)16-7-3-1-6(5-13)2-4-7/h1-4H,14H2,(H3,15,16,17,18). The second-order valence-corrected chi connectivity index (χ2v) is 4.20. The fraction of sp³-hybridized carbons (Fsp3) is 0. The highest BCUT2D eigenvalue weighted by atomic mass is 79.9. The number of nitrogens with one attached hydrogen (secondary N) is 1. The summed E-state index contributed by atoms with van der Waals surface area (Å²) in [5.41, 5.74) is 12.9. The molecule has 90 valence electrons. The van der Waals surface area contributed by atoms with E-state index in [0.29, 0.717) is 21.8 Å². The van der Waals surface area contributed by atoms with Gasteiger partial charge in [0.25, 0.3) is 0 Å². The zero-order valence-electron chi connectivity index (χ0n) is 9.18. The highest BCUT2D eigenvalue weighted by Crippen LogP contribution is 2.24. The average Bonchev–Trinajstić information content (AvgIpc) is 2.37. The summed E-state index contributed by atoms with van der Waals surface area (Å²) in [5, 5.41) is 11.7. The van der Waals surface area contributed by atoms with Crippen LogP contribution in [0.4, 0.5) is 23.1 Å². The Morgan fingerprint density at radius 2 is 1.83 bits per heavy atom. The van der Waals surface area contributed by atoms with Crippen molar-refractivity contribution in [2.45, 2.75) is 0 Å². The maximum absolute atomic E-state index is 8.69. The minimum absolute atomic E-state index is 0.202. The van der Waals surface area contributed by atoms with Crippen LogP contribution in [-0.4, -0.2) is 9.97 Å². The van der Waals surface area contributed by atoms with Gasteiger partial charge in [-0.2, -0.15) is 10.2 Å². The van der Waals surface area contributed by atoms with Crippen molar-refractivity contribution >= 4 is 39.1 Å². The van der Waals surface area contributed by atoms with Gasteiger partial charge in [-0.25, -0.2) is 4.98 Å². The SMILES string of the molecule is N#Cc1ccc(Nc2nc(N)c(N)c(Br)n2)cc1. The molecule has 0 unspecified atom stereocenters. The molecule has 0 saturated carbocycles. The number of halogens is 1. The fourth-order valence-corrected chi connectivity index (χ4v) is 1.64. The molecule has 0 aliphatic heterocycles. The number of rotatable bonds is 2. The fourth-order valence-electron chi connectivity index (χ4n) is 1.27. The van der Waals surface area contributed by atoms with Crippen LogP contribution in [0.15, 0.2) is 28.9 Å². The second kappa shape index (κ2) is 4.89. The van der Waals surface area contributed by atoms with Crippen LogP contribution in [0.2, 0.25) is 0 Å². The molecule has 0 spiro atoms. The van der Waals surface area contributed by atoms with E-state index >= 15 is 0 Å². The van der Waals surface area contributed by atoms with Crippen LogP contribution in [0, 0.1) is 11.3 Å². The van der Waals surface area contributed by atoms with E-state index in [4.69, 9.17) is 16.7 Å². The molecule has 0 atom stereocenters. The highest BCUT2D eigenvalue weighted by molar-refractivity contribution is 9.10. The number of hydrogen-bond acceptors (Lipinski definition) is 6. The number of aromatic nitrogens is 2. The summed E-state index contributed by atoms with van der Waals surface area (Å²) in [7, 11) is 0. The van der Waals surface area contributed by atoms with Gasteiger partial charge in [-0.05, 0) is 40.2 Å². The zero-order chi connectivity index (χ0) is 13.1. The van der Waals surface area contributed by atoms with E-state index in [9.17, 15) is 0 Å². The van der Waals surface area contributed by atoms with E-state index in [1.54, 1.807) is 24.3 Å². The van der Waals surface area contributed by atoms with Crippen LogP contribution in [-0.2, 0) is 0 Å². The first kappa shape index (κ1) is 12.1. The third-order valence-electron chi connectivity index (χ3n) is 2.20. The molecular formula is C11H9BrN6. The van der Waals surface area contributed by atoms with Gasteiger partial charge in [0.05, 0.1) is 11.6 Å². The molecule has 1 aromatic carbocycles. The lowest BCUT2D eigenvalue weighted by molar-refractivity contribution is 1.15. The van der Waals surface area contributed by atoms with Crippen LogP contribution in [0.5, 0.6) is 0 Å². The van der Waals surface area contributed by atoms with Gasteiger partial charge < -0.3 is 16.8 Å². The molecule has 2 rings (SSSR count). The Kier molecular flexibility index (Phi) is 3.30. The van der Waals surface area contributed by atoms with Gasteiger partial charge in [0.2, 0.25) is 5.95 Å². The maximum Gasteiger partial charge on any atom is 0.230 e. The lowest BCUT2D eigenvalue weighted by atomic mass is 10.2. The largest absolute Gasteiger partial charge is 0.394 e. The van der Waals surface area contributed by atoms with Crippen LogP contribution in [0.3, 0.4) is 0 Å². The van der Waals surface area contributed by atoms with Gasteiger partial charge in [-0.1, -0.05) is 0 Å². The van der Waals surface area contributed by atoms with Gasteiger partial charge in [0.1, 0.15) is 10.3 Å². The number of nitrogen functional groups attached to an aromatic ring is 2. The van der Waals surface area contributed by atoms with Gasteiger partial charge in [-0.15, -0.1) is 0 Å². The number of nitrogens with two attached hydrogens (primary N) is 2. The normalized spacial score (nSPS) is 9.78. The molecule has 0 radical (unpaired) electrons. The topological polar surface area (TPSA) is 114 Å². The summed E-state index contributed by atoms with van der Waals surface area (Å²) in [6, 6.07) is 8.93. The maximum atomic E-state index is 8.69. The van der Waals surface area contributed by atoms with Crippen LogP contribution < -0.4 is 16.8 Å². The summed E-state index contributed by atoms with van der Waals surface area (Å²) in [6.45, 7) is 0. The van der Waals surface area contributed by atoms with Crippen molar-refractivity contribution in [3.05, 3.63) is 34.4 Å². The summed E-state index contributed by atoms with van der Waals surface area (Å²) < 4.78 is 0.436. The molecule has 5 N–H and O–H groups in total. The predicted octanol–water partition coefficient (Wildman–Crippen LogP) is 2.02. The number of hydrogen-bond donors (Lipinski definition) is 3. The van der Waals surface area contributed by atoms with E-state index in [1.807, 2.05) is 6.07 Å². The quantitative estimate of drug-likeness (QED) is 0.731. The Labute approximate surface area is 112 Å². The average molecular weight is 305 g/mol. The van der Waals surface area contributed by atoms with Crippen molar-refractivity contribution in [2.75, 3.05) is 16.8 Å². The molecule has 18 heavy (non-hydrogen) atoms. The molecular weight excluding hydrogens is 296 g/mol. The van der Waals surface area contributed by atoms with Crippen molar-refractivity contribution in [3.63, 3.8) is 0 Å². The molecule has 1 heterocycles. The van der Waals surface area contributed by atoms with E-state index in [2.05, 4.69) is 31.2 Å². The minimum atomic E-state index is 0.202. The zero-order valence-corrected chi connectivity index (χ0v) is 10.8. The summed E-state index contributed by atoms with van der Waals surface area (Å²) in [4.78, 5) is 8.10. The Morgan fingerprint density at radius 3 is 2.39 bits per heavy atom. The monoisotopic (exact) mass is 304 g/mol. The molecule has 1 aromatic heterocycles. The lowest BCUT2D eigenvalue weighted by Crippen LogP contribution is -2.05. The van der Waals surface area contributed by atoms with E-state index in [1.165, 1.54) is 0 Å². The molecule has 7 heteroatoms. The predicted molar refractivity (Wildman–Crippen MR) is 73.0 cm³/mol. The first-order chi connectivity index (χ1) is 8.60. The Morgan fingerprint density at radius 1 is 1.17 bits per heavy atom. The number of nitrogens with zero attached hydrogens (tertiary/aromatic N) is 3. The van der Waals surface area contributed by atoms with Gasteiger partial charge in [-0.3, -0.25) is 0 Å². The summed E-state index contributed by atoms with van der Waals surface area (Å²) >= 11 is 3.19. The van der Waals surface area contributed by atoms with E-state index < -0.39 is 0 Å². The van der Waals surface area contributed by atoms with Crippen molar-refractivity contribution < 1.29 is 0 Å². The molecule has 0 amide bonds. The third-order valence-corrected chi connectivity index (χ3v) is 2.80. The molecule has 0 bridgehead atoms. The second-order valence-electron chi connectivity index (χ2n) is 3.45.